The Hall–Kier alpha value is -1.82. The van der Waals surface area contributed by atoms with E-state index >= 15 is 0 Å². The van der Waals surface area contributed by atoms with Crippen molar-refractivity contribution in [3.8, 4) is 0 Å². The van der Waals surface area contributed by atoms with Crippen molar-refractivity contribution in [1.82, 2.24) is 0 Å². The largest absolute Gasteiger partial charge is 0.478 e. The number of rotatable bonds is 5. The van der Waals surface area contributed by atoms with Crippen molar-refractivity contribution in [3.63, 3.8) is 0 Å². The number of hydrogen-bond acceptors (Lipinski definition) is 3. The molecule has 0 aromatic carbocycles. The predicted octanol–water partition coefficient (Wildman–Crippen LogP) is 3.63. The molecule has 1 rings (SSSR count). The third kappa shape index (κ3) is 3.82. The molecule has 0 radical (unpaired) electrons. The first kappa shape index (κ1) is 15.2. The van der Waals surface area contributed by atoms with Gasteiger partial charge in [-0.15, -0.1) is 11.3 Å². The fourth-order valence-corrected chi connectivity index (χ4v) is 2.32. The first-order valence-electron chi connectivity index (χ1n) is 5.37. The molecule has 0 spiro atoms. The van der Waals surface area contributed by atoms with Gasteiger partial charge in [-0.25, -0.2) is 13.6 Å². The first-order valence-corrected chi connectivity index (χ1v) is 6.19. The highest BCUT2D eigenvalue weighted by atomic mass is 32.1. The zero-order valence-corrected chi connectivity index (χ0v) is 11.1. The minimum absolute atomic E-state index is 0.0364. The van der Waals surface area contributed by atoms with Gasteiger partial charge in [-0.1, -0.05) is 6.08 Å². The van der Waals surface area contributed by atoms with Crippen LogP contribution < -0.4 is 0 Å². The third-order valence-electron chi connectivity index (χ3n) is 2.35. The number of alkyl halides is 2. The summed E-state index contributed by atoms with van der Waals surface area (Å²) in [5.74, 6) is -2.27. The molecule has 3 nitrogen and oxygen atoms in total. The van der Waals surface area contributed by atoms with Crippen LogP contribution in [0.1, 0.15) is 28.4 Å². The average molecular weight is 286 g/mol. The molecule has 1 aromatic heterocycles. The molecule has 0 atom stereocenters. The fraction of sp³-hybridized carbons (Fsp3) is 0.231. The minimum Gasteiger partial charge on any atom is -0.478 e. The molecule has 0 aliphatic carbocycles. The molecule has 19 heavy (non-hydrogen) atoms. The van der Waals surface area contributed by atoms with Crippen LogP contribution in [0.4, 0.5) is 8.78 Å². The van der Waals surface area contributed by atoms with Crippen molar-refractivity contribution >= 4 is 28.7 Å². The Labute approximate surface area is 112 Å². The molecular weight excluding hydrogens is 274 g/mol. The van der Waals surface area contributed by atoms with Gasteiger partial charge in [0.1, 0.15) is 0 Å². The smallest absolute Gasteiger partial charge is 0.331 e. The van der Waals surface area contributed by atoms with E-state index < -0.39 is 18.2 Å². The van der Waals surface area contributed by atoms with Crippen LogP contribution in [0.15, 0.2) is 29.9 Å². The molecule has 102 valence electrons. The number of carbonyl (C=O) groups excluding carboxylic acids is 1. The summed E-state index contributed by atoms with van der Waals surface area (Å²) in [6.07, 6.45) is 0.0662. The highest BCUT2D eigenvalue weighted by molar-refractivity contribution is 7.15. The number of aliphatic carboxylic acids is 1. The Balaban J connectivity index is 3.06. The first-order chi connectivity index (χ1) is 8.86. The maximum Gasteiger partial charge on any atom is 0.331 e. The van der Waals surface area contributed by atoms with Gasteiger partial charge in [0.05, 0.1) is 4.88 Å². The second-order valence-electron chi connectivity index (χ2n) is 3.71. The van der Waals surface area contributed by atoms with Gasteiger partial charge in [0.15, 0.2) is 0 Å². The maximum atomic E-state index is 12.3. The third-order valence-corrected chi connectivity index (χ3v) is 3.50. The van der Waals surface area contributed by atoms with Crippen molar-refractivity contribution in [2.45, 2.75) is 20.3 Å². The molecule has 6 heteroatoms. The highest BCUT2D eigenvalue weighted by Gasteiger charge is 2.20. The second-order valence-corrected chi connectivity index (χ2v) is 4.79. The monoisotopic (exact) mass is 286 g/mol. The van der Waals surface area contributed by atoms with Gasteiger partial charge in [-0.3, -0.25) is 4.79 Å². The predicted molar refractivity (Wildman–Crippen MR) is 69.7 cm³/mol. The molecule has 0 unspecified atom stereocenters. The molecular formula is C13H12F2O3S. The quantitative estimate of drug-likeness (QED) is 0.511. The minimum atomic E-state index is -3.03. The second kappa shape index (κ2) is 6.38. The highest BCUT2D eigenvalue weighted by Crippen LogP contribution is 2.27. The molecule has 1 N–H and O–H groups in total. The van der Waals surface area contributed by atoms with Crippen molar-refractivity contribution in [1.29, 1.82) is 0 Å². The van der Waals surface area contributed by atoms with E-state index in [-0.39, 0.29) is 10.5 Å². The Kier molecular flexibility index (Phi) is 5.11. The van der Waals surface area contributed by atoms with Gasteiger partial charge in [0, 0.05) is 10.5 Å². The lowest BCUT2D eigenvalue weighted by atomic mass is 10.1. The van der Waals surface area contributed by atoms with E-state index in [4.69, 9.17) is 5.11 Å². The van der Waals surface area contributed by atoms with Crippen LogP contribution in [0.5, 0.6) is 0 Å². The number of hydrogen-bond donors (Lipinski definition) is 1. The standard InChI is InChI=1S/C13H12F2O3S/c1-3-8(6-7(2)13(17)18)9-4-5-10(19-9)11(16)12(14)15/h3-6,12H,1-2H3,(H,17,18). The number of carboxylic acids is 1. The van der Waals surface area contributed by atoms with Crippen LogP contribution >= 0.6 is 11.3 Å². The number of halogens is 2. The molecule has 0 amide bonds. The van der Waals surface area contributed by atoms with Gasteiger partial charge in [-0.05, 0) is 37.6 Å². The fourth-order valence-electron chi connectivity index (χ4n) is 1.32. The molecule has 0 saturated heterocycles. The van der Waals surface area contributed by atoms with E-state index in [1.807, 2.05) is 0 Å². The SMILES string of the molecule is CC=C(C=C(C)C(=O)O)c1ccc(C(=O)C(F)F)s1. The summed E-state index contributed by atoms with van der Waals surface area (Å²) in [7, 11) is 0. The van der Waals surface area contributed by atoms with Crippen molar-refractivity contribution < 1.29 is 23.5 Å². The van der Waals surface area contributed by atoms with Crippen molar-refractivity contribution in [2.24, 2.45) is 0 Å². The van der Waals surface area contributed by atoms with E-state index in [9.17, 15) is 18.4 Å². The summed E-state index contributed by atoms with van der Waals surface area (Å²) in [6.45, 7) is 3.14. The summed E-state index contributed by atoms with van der Waals surface area (Å²) in [5.41, 5.74) is 0.710. The van der Waals surface area contributed by atoms with Gasteiger partial charge in [-0.2, -0.15) is 0 Å². The van der Waals surface area contributed by atoms with Crippen LogP contribution in [-0.2, 0) is 4.79 Å². The van der Waals surface area contributed by atoms with E-state index in [0.717, 1.165) is 11.3 Å². The number of ketones is 1. The Bertz CT molecular complexity index is 556. The van der Waals surface area contributed by atoms with Crippen molar-refractivity contribution in [2.75, 3.05) is 0 Å². The topological polar surface area (TPSA) is 54.4 Å². The maximum absolute atomic E-state index is 12.3. The molecule has 1 heterocycles. The van der Waals surface area contributed by atoms with Crippen molar-refractivity contribution in [3.05, 3.63) is 39.6 Å². The van der Waals surface area contributed by atoms with Gasteiger partial charge < -0.3 is 5.11 Å². The zero-order chi connectivity index (χ0) is 14.6. The van der Waals surface area contributed by atoms with Gasteiger partial charge in [0.25, 0.3) is 0 Å². The van der Waals surface area contributed by atoms with Crippen LogP contribution in [-0.4, -0.2) is 23.3 Å². The molecule has 1 aromatic rings. The molecule has 0 fully saturated rings. The van der Waals surface area contributed by atoms with E-state index in [2.05, 4.69) is 0 Å². The van der Waals surface area contributed by atoms with Crippen LogP contribution in [0, 0.1) is 0 Å². The summed E-state index contributed by atoms with van der Waals surface area (Å²) in [5, 5.41) is 8.79. The molecule has 0 saturated carbocycles. The van der Waals surface area contributed by atoms with E-state index in [0.29, 0.717) is 10.5 Å². The number of allylic oxidation sites excluding steroid dienone is 3. The number of carbonyl (C=O) groups is 2. The lowest BCUT2D eigenvalue weighted by Gasteiger charge is -1.99. The molecule has 0 aliphatic heterocycles. The van der Waals surface area contributed by atoms with Gasteiger partial charge >= 0.3 is 12.4 Å². The van der Waals surface area contributed by atoms with E-state index in [1.165, 1.54) is 25.1 Å². The van der Waals surface area contributed by atoms with Gasteiger partial charge in [0.2, 0.25) is 5.78 Å². The van der Waals surface area contributed by atoms with E-state index in [1.54, 1.807) is 13.0 Å². The normalized spacial score (nSPS) is 12.9. The Morgan fingerprint density at radius 2 is 1.89 bits per heavy atom. The summed E-state index contributed by atoms with van der Waals surface area (Å²) >= 11 is 0.920. The lowest BCUT2D eigenvalue weighted by Crippen LogP contribution is -2.07. The summed E-state index contributed by atoms with van der Waals surface area (Å²) in [6, 6.07) is 2.85. The zero-order valence-electron chi connectivity index (χ0n) is 10.3. The summed E-state index contributed by atoms with van der Waals surface area (Å²) in [4.78, 5) is 22.4. The lowest BCUT2D eigenvalue weighted by molar-refractivity contribution is -0.132. The Morgan fingerprint density at radius 1 is 1.32 bits per heavy atom. The van der Waals surface area contributed by atoms with Crippen LogP contribution in [0.2, 0.25) is 0 Å². The molecule has 0 bridgehead atoms. The average Bonchev–Trinajstić information content (AvgIpc) is 2.83. The number of Topliss-reactive ketones (excluding diaryl/α,β-unsaturated/α-hetero) is 1. The van der Waals surface area contributed by atoms with Crippen LogP contribution in [0.3, 0.4) is 0 Å². The summed E-state index contributed by atoms with van der Waals surface area (Å²) < 4.78 is 24.6. The number of carboxylic acid groups (broad SMARTS) is 1. The Morgan fingerprint density at radius 3 is 2.37 bits per heavy atom. The molecule has 0 aliphatic rings. The number of thiophene rings is 1. The van der Waals surface area contributed by atoms with Crippen LogP contribution in [0.25, 0.3) is 5.57 Å².